The van der Waals surface area contributed by atoms with Crippen LogP contribution in [0.25, 0.3) is 22.0 Å². The Labute approximate surface area is 280 Å². The van der Waals surface area contributed by atoms with Gasteiger partial charge in [0.2, 0.25) is 0 Å². The molecule has 1 fully saturated rings. The summed E-state index contributed by atoms with van der Waals surface area (Å²) in [6.45, 7) is 15.5. The molecule has 2 aromatic heterocycles. The standard InChI is InChI=1S/C34H42Cl2FN5O3Si/c1-7-44-33(43)32(31-28-16-22(37)18-41(28)20-38-31)42-19-26-27(35)17-25(29(36)30(26)39-42)21-8-10-23(11-9-21)40-14-12-24(13-15-40)45-46(5,6)34(2,3)4/h8-11,17,19-20,22,24,32H,7,12-16,18H2,1-6H3/t22-,32-/m1/s1. The lowest BCUT2D eigenvalue weighted by Gasteiger charge is -2.42. The summed E-state index contributed by atoms with van der Waals surface area (Å²) in [7, 11) is -1.79. The van der Waals surface area contributed by atoms with Crippen molar-refractivity contribution in [2.75, 3.05) is 24.6 Å². The number of piperidine rings is 1. The molecule has 2 aliphatic rings. The molecule has 0 bridgehead atoms. The average molecular weight is 687 g/mol. The van der Waals surface area contributed by atoms with Gasteiger partial charge in [0.25, 0.3) is 0 Å². The van der Waals surface area contributed by atoms with Crippen molar-refractivity contribution in [2.45, 2.75) is 90.0 Å². The summed E-state index contributed by atoms with van der Waals surface area (Å²) >= 11 is 13.8. The van der Waals surface area contributed by atoms with Gasteiger partial charge >= 0.3 is 5.97 Å². The first-order chi connectivity index (χ1) is 21.8. The molecule has 0 N–H and O–H groups in total. The van der Waals surface area contributed by atoms with Crippen molar-refractivity contribution >= 4 is 54.1 Å². The summed E-state index contributed by atoms with van der Waals surface area (Å²) in [4.78, 5) is 20.1. The van der Waals surface area contributed by atoms with Gasteiger partial charge in [-0.15, -0.1) is 0 Å². The smallest absolute Gasteiger partial charge is 0.337 e. The molecule has 2 atom stereocenters. The lowest BCUT2D eigenvalue weighted by Crippen LogP contribution is -2.47. The SMILES string of the molecule is CCOC(=O)[C@@H](c1ncn2c1C[C@@H](F)C2)n1cc2c(Cl)cc(-c3ccc(N4CCC(O[Si](C)(C)C(C)(C)C)CC4)cc3)c(Cl)c2n1. The van der Waals surface area contributed by atoms with Crippen molar-refractivity contribution in [3.8, 4) is 11.1 Å². The number of carbonyl (C=O) groups is 1. The van der Waals surface area contributed by atoms with E-state index in [1.54, 1.807) is 24.0 Å². The number of carbonyl (C=O) groups excluding carboxylic acids is 1. The van der Waals surface area contributed by atoms with Crippen LogP contribution in [0.1, 0.15) is 58.0 Å². The molecule has 12 heteroatoms. The average Bonchev–Trinajstić information content (AvgIpc) is 3.71. The van der Waals surface area contributed by atoms with Crippen LogP contribution >= 0.6 is 23.2 Å². The van der Waals surface area contributed by atoms with Gasteiger partial charge in [0.05, 0.1) is 35.2 Å². The number of hydrogen-bond acceptors (Lipinski definition) is 6. The minimum atomic E-state index is -1.79. The van der Waals surface area contributed by atoms with E-state index in [0.29, 0.717) is 38.4 Å². The van der Waals surface area contributed by atoms with Crippen LogP contribution in [-0.4, -0.2) is 65.6 Å². The number of imidazole rings is 1. The van der Waals surface area contributed by atoms with Gasteiger partial charge in [0, 0.05) is 54.1 Å². The van der Waals surface area contributed by atoms with E-state index in [0.717, 1.165) is 42.7 Å². The topological polar surface area (TPSA) is 74.4 Å². The zero-order valence-electron chi connectivity index (χ0n) is 27.3. The van der Waals surface area contributed by atoms with Crippen molar-refractivity contribution in [3.05, 3.63) is 64.3 Å². The normalized spacial score (nSPS) is 18.3. The maximum absolute atomic E-state index is 14.2. The van der Waals surface area contributed by atoms with Crippen molar-refractivity contribution < 1.29 is 18.3 Å². The molecule has 0 spiro atoms. The van der Waals surface area contributed by atoms with Crippen LogP contribution in [0.4, 0.5) is 10.1 Å². The highest BCUT2D eigenvalue weighted by atomic mass is 35.5. The Kier molecular flexibility index (Phi) is 9.03. The highest BCUT2D eigenvalue weighted by Crippen LogP contribution is 2.41. The Bertz CT molecular complexity index is 1740. The predicted molar refractivity (Wildman–Crippen MR) is 184 cm³/mol. The maximum Gasteiger partial charge on any atom is 0.337 e. The fourth-order valence-corrected chi connectivity index (χ4v) is 8.20. The van der Waals surface area contributed by atoms with Gasteiger partial charge in [0.1, 0.15) is 11.7 Å². The van der Waals surface area contributed by atoms with E-state index in [2.05, 4.69) is 68.0 Å². The van der Waals surface area contributed by atoms with Crippen LogP contribution in [0.15, 0.2) is 42.9 Å². The molecule has 1 saturated heterocycles. The molecule has 46 heavy (non-hydrogen) atoms. The zero-order valence-corrected chi connectivity index (χ0v) is 29.8. The van der Waals surface area contributed by atoms with E-state index >= 15 is 0 Å². The molecular weight excluding hydrogens is 644 g/mol. The molecule has 4 aromatic rings. The Morgan fingerprint density at radius 1 is 1.15 bits per heavy atom. The number of aromatic nitrogens is 4. The van der Waals surface area contributed by atoms with E-state index in [1.165, 1.54) is 4.68 Å². The van der Waals surface area contributed by atoms with E-state index in [1.807, 2.05) is 6.07 Å². The number of ether oxygens (including phenoxy) is 1. The molecule has 6 rings (SSSR count). The van der Waals surface area contributed by atoms with E-state index in [4.69, 9.17) is 37.5 Å². The molecule has 0 saturated carbocycles. The highest BCUT2D eigenvalue weighted by Gasteiger charge is 2.40. The summed E-state index contributed by atoms with van der Waals surface area (Å²) in [5.74, 6) is -0.530. The monoisotopic (exact) mass is 685 g/mol. The van der Waals surface area contributed by atoms with Gasteiger partial charge < -0.3 is 18.6 Å². The van der Waals surface area contributed by atoms with Crippen molar-refractivity contribution in [3.63, 3.8) is 0 Å². The summed E-state index contributed by atoms with van der Waals surface area (Å²) in [6.07, 6.45) is 4.73. The highest BCUT2D eigenvalue weighted by molar-refractivity contribution is 6.74. The second kappa shape index (κ2) is 12.6. The van der Waals surface area contributed by atoms with E-state index in [-0.39, 0.29) is 24.6 Å². The Morgan fingerprint density at radius 3 is 2.50 bits per heavy atom. The van der Waals surface area contributed by atoms with E-state index < -0.39 is 26.5 Å². The first-order valence-electron chi connectivity index (χ1n) is 16.0. The van der Waals surface area contributed by atoms with E-state index in [9.17, 15) is 9.18 Å². The number of halogens is 3. The molecule has 0 aliphatic carbocycles. The summed E-state index contributed by atoms with van der Waals surface area (Å²) in [6, 6.07) is 9.17. The number of rotatable bonds is 8. The van der Waals surface area contributed by atoms with Gasteiger partial charge in [-0.2, -0.15) is 5.10 Å². The molecule has 8 nitrogen and oxygen atoms in total. The van der Waals surface area contributed by atoms with Gasteiger partial charge in [-0.3, -0.25) is 4.68 Å². The lowest BCUT2D eigenvalue weighted by atomic mass is 10.0. The molecule has 246 valence electrons. The molecule has 0 amide bonds. The Balaban J connectivity index is 1.24. The van der Waals surface area contributed by atoms with Gasteiger partial charge in [0.15, 0.2) is 14.4 Å². The number of nitrogens with zero attached hydrogens (tertiary/aromatic N) is 5. The first-order valence-corrected chi connectivity index (χ1v) is 19.7. The van der Waals surface area contributed by atoms with Crippen LogP contribution in [0.2, 0.25) is 28.2 Å². The Hall–Kier alpha value is -2.92. The third-order valence-corrected chi connectivity index (χ3v) is 15.0. The molecule has 0 radical (unpaired) electrons. The minimum Gasteiger partial charge on any atom is -0.464 e. The van der Waals surface area contributed by atoms with Gasteiger partial charge in [-0.05, 0) is 61.7 Å². The number of hydrogen-bond donors (Lipinski definition) is 0. The van der Waals surface area contributed by atoms with Crippen LogP contribution in [0.5, 0.6) is 0 Å². The molecule has 0 unspecified atom stereocenters. The molecule has 2 aromatic carbocycles. The Morgan fingerprint density at radius 2 is 1.85 bits per heavy atom. The van der Waals surface area contributed by atoms with Crippen molar-refractivity contribution in [1.82, 2.24) is 19.3 Å². The third kappa shape index (κ3) is 6.21. The summed E-state index contributed by atoms with van der Waals surface area (Å²) in [5, 5.41) is 6.42. The van der Waals surface area contributed by atoms with Crippen LogP contribution in [0, 0.1) is 0 Å². The number of fused-ring (bicyclic) bond motifs is 2. The fourth-order valence-electron chi connectivity index (χ4n) is 6.23. The maximum atomic E-state index is 14.2. The molecule has 4 heterocycles. The number of benzene rings is 2. The number of anilines is 1. The minimum absolute atomic E-state index is 0.177. The largest absolute Gasteiger partial charge is 0.464 e. The summed E-state index contributed by atoms with van der Waals surface area (Å²) in [5.41, 5.74) is 4.35. The second-order valence-corrected chi connectivity index (χ2v) is 19.4. The third-order valence-electron chi connectivity index (χ3n) is 9.78. The van der Waals surface area contributed by atoms with Gasteiger partial charge in [-0.25, -0.2) is 14.2 Å². The van der Waals surface area contributed by atoms with Crippen molar-refractivity contribution in [2.24, 2.45) is 0 Å². The number of esters is 1. The lowest BCUT2D eigenvalue weighted by molar-refractivity contribution is -0.146. The fraction of sp³-hybridized carbons (Fsp3) is 0.500. The quantitative estimate of drug-likeness (QED) is 0.137. The predicted octanol–water partition coefficient (Wildman–Crippen LogP) is 8.24. The van der Waals surface area contributed by atoms with Crippen LogP contribution < -0.4 is 4.90 Å². The number of alkyl halides is 1. The zero-order chi connectivity index (χ0) is 33.0. The first kappa shape index (κ1) is 33.0. The molecule has 2 aliphatic heterocycles. The van der Waals surface area contributed by atoms with Crippen LogP contribution in [-0.2, 0) is 26.9 Å². The van der Waals surface area contributed by atoms with Crippen molar-refractivity contribution in [1.29, 1.82) is 0 Å². The second-order valence-electron chi connectivity index (χ2n) is 13.9. The van der Waals surface area contributed by atoms with Gasteiger partial charge in [-0.1, -0.05) is 56.1 Å². The van der Waals surface area contributed by atoms with Crippen LogP contribution in [0.3, 0.4) is 0 Å². The summed E-state index contributed by atoms with van der Waals surface area (Å²) < 4.78 is 29.5. The molecular formula is C34H42Cl2FN5O3Si.